The minimum Gasteiger partial charge on any atom is -0.399 e. The summed E-state index contributed by atoms with van der Waals surface area (Å²) in [4.78, 5) is 4.45. The zero-order valence-electron chi connectivity index (χ0n) is 11.8. The molecule has 2 aromatic carbocycles. The second kappa shape index (κ2) is 4.84. The summed E-state index contributed by atoms with van der Waals surface area (Å²) in [5, 5.41) is 0. The first kappa shape index (κ1) is 13.5. The number of rotatable bonds is 2. The lowest BCUT2D eigenvalue weighted by atomic mass is 10.1. The average Bonchev–Trinajstić information content (AvgIpc) is 2.76. The molecule has 0 atom stereocenters. The molecule has 0 radical (unpaired) electrons. The Morgan fingerprint density at radius 3 is 2.52 bits per heavy atom. The highest BCUT2D eigenvalue weighted by molar-refractivity contribution is 5.81. The van der Waals surface area contributed by atoms with E-state index in [1.165, 1.54) is 18.2 Å². The highest BCUT2D eigenvalue weighted by Crippen LogP contribution is 2.31. The monoisotopic (exact) mass is 287 g/mol. The fraction of sp³-hybridized carbons (Fsp3) is 0.188. The van der Waals surface area contributed by atoms with Gasteiger partial charge in [-0.1, -0.05) is 0 Å². The van der Waals surface area contributed by atoms with Crippen molar-refractivity contribution in [1.29, 1.82) is 0 Å². The van der Waals surface area contributed by atoms with Gasteiger partial charge in [0.25, 0.3) is 0 Å². The molecule has 1 heterocycles. The van der Waals surface area contributed by atoms with E-state index in [1.807, 2.05) is 18.4 Å². The van der Waals surface area contributed by atoms with Gasteiger partial charge >= 0.3 is 0 Å². The minimum absolute atomic E-state index is 0.0174. The molecule has 0 amide bonds. The molecule has 108 valence electrons. The first-order valence-electron chi connectivity index (χ1n) is 6.70. The number of halogens is 2. The molecule has 2 N–H and O–H groups in total. The summed E-state index contributed by atoms with van der Waals surface area (Å²) < 4.78 is 29.5. The lowest BCUT2D eigenvalue weighted by molar-refractivity contribution is 0.604. The Bertz CT molecular complexity index is 822. The molecule has 0 aliphatic carbocycles. The quantitative estimate of drug-likeness (QED) is 0.720. The maximum absolute atomic E-state index is 14.2. The van der Waals surface area contributed by atoms with Crippen LogP contribution in [0.3, 0.4) is 0 Å². The van der Waals surface area contributed by atoms with Crippen LogP contribution in [0.1, 0.15) is 19.9 Å². The number of nitrogens with two attached hydrogens (primary N) is 1. The van der Waals surface area contributed by atoms with Crippen molar-refractivity contribution >= 4 is 16.7 Å². The van der Waals surface area contributed by atoms with E-state index in [2.05, 4.69) is 4.98 Å². The molecule has 5 heteroatoms. The Morgan fingerprint density at radius 2 is 1.86 bits per heavy atom. The second-order valence-electron chi connectivity index (χ2n) is 5.27. The molecule has 0 aliphatic heterocycles. The molecule has 0 saturated carbocycles. The number of imidazole rings is 1. The minimum atomic E-state index is -0.437. The zero-order valence-corrected chi connectivity index (χ0v) is 11.8. The maximum Gasteiger partial charge on any atom is 0.144 e. The third-order valence-electron chi connectivity index (χ3n) is 3.40. The largest absolute Gasteiger partial charge is 0.399 e. The van der Waals surface area contributed by atoms with Crippen molar-refractivity contribution in [2.75, 3.05) is 5.73 Å². The number of hydrogen-bond acceptors (Lipinski definition) is 2. The molecule has 0 aliphatic rings. The molecule has 21 heavy (non-hydrogen) atoms. The van der Waals surface area contributed by atoms with Gasteiger partial charge in [0.15, 0.2) is 0 Å². The van der Waals surface area contributed by atoms with E-state index >= 15 is 0 Å². The van der Waals surface area contributed by atoms with E-state index in [-0.39, 0.29) is 11.9 Å². The Kier molecular flexibility index (Phi) is 3.12. The van der Waals surface area contributed by atoms with Gasteiger partial charge in [0.2, 0.25) is 0 Å². The number of hydrogen-bond donors (Lipinski definition) is 1. The van der Waals surface area contributed by atoms with Crippen molar-refractivity contribution in [3.63, 3.8) is 0 Å². The number of fused-ring (bicyclic) bond motifs is 1. The Labute approximate surface area is 121 Å². The van der Waals surface area contributed by atoms with Crippen LogP contribution in [0.2, 0.25) is 0 Å². The fourth-order valence-corrected chi connectivity index (χ4v) is 2.49. The van der Waals surface area contributed by atoms with Crippen LogP contribution in [0.5, 0.6) is 0 Å². The molecule has 3 aromatic rings. The zero-order chi connectivity index (χ0) is 15.1. The normalized spacial score (nSPS) is 11.5. The summed E-state index contributed by atoms with van der Waals surface area (Å²) in [6, 6.07) is 8.87. The summed E-state index contributed by atoms with van der Waals surface area (Å²) in [7, 11) is 0. The third-order valence-corrected chi connectivity index (χ3v) is 3.40. The van der Waals surface area contributed by atoms with Gasteiger partial charge in [-0.3, -0.25) is 0 Å². The van der Waals surface area contributed by atoms with E-state index in [0.717, 1.165) is 0 Å². The fourth-order valence-electron chi connectivity index (χ4n) is 2.49. The van der Waals surface area contributed by atoms with Gasteiger partial charge in [0, 0.05) is 11.7 Å². The van der Waals surface area contributed by atoms with Gasteiger partial charge in [0.1, 0.15) is 17.5 Å². The van der Waals surface area contributed by atoms with Gasteiger partial charge in [-0.15, -0.1) is 0 Å². The lowest BCUT2D eigenvalue weighted by Gasteiger charge is -2.13. The number of anilines is 1. The van der Waals surface area contributed by atoms with Crippen LogP contribution in [0.4, 0.5) is 14.5 Å². The first-order chi connectivity index (χ1) is 9.97. The number of nitrogens with zero attached hydrogens (tertiary/aromatic N) is 2. The molecule has 0 fully saturated rings. The van der Waals surface area contributed by atoms with E-state index in [0.29, 0.717) is 28.1 Å². The van der Waals surface area contributed by atoms with Gasteiger partial charge in [-0.05, 0) is 50.2 Å². The summed E-state index contributed by atoms with van der Waals surface area (Å²) in [5.74, 6) is -0.301. The number of benzene rings is 2. The van der Waals surface area contributed by atoms with Crippen LogP contribution in [-0.4, -0.2) is 9.55 Å². The number of aromatic nitrogens is 2. The van der Waals surface area contributed by atoms with Crippen LogP contribution in [0.15, 0.2) is 36.4 Å². The molecule has 0 spiro atoms. The van der Waals surface area contributed by atoms with Crippen LogP contribution in [-0.2, 0) is 0 Å². The maximum atomic E-state index is 14.2. The highest BCUT2D eigenvalue weighted by Gasteiger charge is 2.18. The van der Waals surface area contributed by atoms with Gasteiger partial charge in [-0.25, -0.2) is 13.8 Å². The predicted octanol–water partition coefficient (Wildman–Crippen LogP) is 4.14. The van der Waals surface area contributed by atoms with E-state index in [9.17, 15) is 8.78 Å². The summed E-state index contributed by atoms with van der Waals surface area (Å²) >= 11 is 0. The molecular formula is C16H15F2N3. The molecule has 3 nitrogen and oxygen atoms in total. The average molecular weight is 287 g/mol. The summed E-state index contributed by atoms with van der Waals surface area (Å²) in [6.45, 7) is 3.90. The van der Waals surface area contributed by atoms with E-state index < -0.39 is 5.82 Å². The molecule has 1 aromatic heterocycles. The van der Waals surface area contributed by atoms with Crippen LogP contribution < -0.4 is 5.73 Å². The van der Waals surface area contributed by atoms with Crippen molar-refractivity contribution in [1.82, 2.24) is 9.55 Å². The predicted molar refractivity (Wildman–Crippen MR) is 79.9 cm³/mol. The molecule has 0 bridgehead atoms. The summed E-state index contributed by atoms with van der Waals surface area (Å²) in [6.07, 6.45) is 0. The third kappa shape index (κ3) is 2.24. The standard InChI is InChI=1S/C16H15F2N3/c1-9(2)21-15-7-10(17)3-6-14(15)20-16(21)12-5-4-11(19)8-13(12)18/h3-9H,19H2,1-2H3. The molecule has 0 unspecified atom stereocenters. The van der Waals surface area contributed by atoms with Gasteiger partial charge in [0.05, 0.1) is 16.6 Å². The SMILES string of the molecule is CC(C)n1c(-c2ccc(N)cc2F)nc2ccc(F)cc21. The Balaban J connectivity index is 2.34. The van der Waals surface area contributed by atoms with Crippen LogP contribution >= 0.6 is 0 Å². The Hall–Kier alpha value is -2.43. The first-order valence-corrected chi connectivity index (χ1v) is 6.70. The van der Waals surface area contributed by atoms with Crippen molar-refractivity contribution < 1.29 is 8.78 Å². The smallest absolute Gasteiger partial charge is 0.144 e. The van der Waals surface area contributed by atoms with Crippen molar-refractivity contribution in [3.8, 4) is 11.4 Å². The molecule has 3 rings (SSSR count). The summed E-state index contributed by atoms with van der Waals surface area (Å²) in [5.41, 5.74) is 7.58. The van der Waals surface area contributed by atoms with Crippen LogP contribution in [0.25, 0.3) is 22.4 Å². The highest BCUT2D eigenvalue weighted by atomic mass is 19.1. The van der Waals surface area contributed by atoms with Gasteiger partial charge in [-0.2, -0.15) is 0 Å². The second-order valence-corrected chi connectivity index (χ2v) is 5.27. The Morgan fingerprint density at radius 1 is 1.10 bits per heavy atom. The van der Waals surface area contributed by atoms with E-state index in [1.54, 1.807) is 18.2 Å². The number of nitrogen functional groups attached to an aromatic ring is 1. The van der Waals surface area contributed by atoms with Crippen molar-refractivity contribution in [2.24, 2.45) is 0 Å². The molecular weight excluding hydrogens is 272 g/mol. The lowest BCUT2D eigenvalue weighted by Crippen LogP contribution is -2.04. The van der Waals surface area contributed by atoms with Crippen molar-refractivity contribution in [3.05, 3.63) is 48.0 Å². The molecule has 0 saturated heterocycles. The van der Waals surface area contributed by atoms with Gasteiger partial charge < -0.3 is 10.3 Å². The van der Waals surface area contributed by atoms with E-state index in [4.69, 9.17) is 5.73 Å². The van der Waals surface area contributed by atoms with Crippen molar-refractivity contribution in [2.45, 2.75) is 19.9 Å². The van der Waals surface area contributed by atoms with Crippen LogP contribution in [0, 0.1) is 11.6 Å². The topological polar surface area (TPSA) is 43.8 Å².